The molecule has 0 aliphatic carbocycles. The molecular weight excluding hydrogens is 258 g/mol. The molecule has 1 aromatic heterocycles. The molecule has 0 aliphatic rings. The van der Waals surface area contributed by atoms with Crippen molar-refractivity contribution in [3.05, 3.63) is 53.9 Å². The molecule has 2 aromatic rings. The topological polar surface area (TPSA) is 94.8 Å². The number of hydrogen-bond donors (Lipinski definition) is 3. The molecule has 0 fully saturated rings. The Bertz CT molecular complexity index is 654. The maximum Gasteiger partial charge on any atom is 0.255 e. The highest BCUT2D eigenvalue weighted by Gasteiger charge is 2.11. The largest absolute Gasteiger partial charge is 0.507 e. The number of benzene rings is 1. The Morgan fingerprint density at radius 1 is 1.25 bits per heavy atom. The number of aromatic nitrogens is 1. The van der Waals surface area contributed by atoms with Gasteiger partial charge in [-0.2, -0.15) is 0 Å². The molecule has 2 rings (SSSR count). The molecule has 6 nitrogen and oxygen atoms in total. The number of phenolic OH excluding ortho intramolecular Hbond substituents is 1. The average Bonchev–Trinajstić information content (AvgIpc) is 2.47. The molecule has 3 N–H and O–H groups in total. The first-order chi connectivity index (χ1) is 9.61. The second-order valence-electron chi connectivity index (χ2n) is 4.11. The number of phenols is 1. The van der Waals surface area contributed by atoms with Gasteiger partial charge in [0, 0.05) is 29.2 Å². The molecule has 0 unspecified atom stereocenters. The van der Waals surface area contributed by atoms with Crippen LogP contribution in [0.1, 0.15) is 22.8 Å². The fraction of sp³-hybridized carbons (Fsp3) is 0.0714. The van der Waals surface area contributed by atoms with Gasteiger partial charge >= 0.3 is 0 Å². The van der Waals surface area contributed by atoms with Crippen LogP contribution in [-0.4, -0.2) is 26.9 Å². The van der Waals surface area contributed by atoms with Gasteiger partial charge in [-0.15, -0.1) is 0 Å². The van der Waals surface area contributed by atoms with E-state index in [4.69, 9.17) is 5.21 Å². The van der Waals surface area contributed by atoms with E-state index in [0.29, 0.717) is 16.8 Å². The second-order valence-corrected chi connectivity index (χ2v) is 4.11. The fourth-order valence-electron chi connectivity index (χ4n) is 1.67. The second kappa shape index (κ2) is 5.83. The quantitative estimate of drug-likeness (QED) is 0.453. The van der Waals surface area contributed by atoms with Crippen molar-refractivity contribution in [2.45, 2.75) is 6.92 Å². The minimum atomic E-state index is -0.350. The van der Waals surface area contributed by atoms with Gasteiger partial charge in [-0.3, -0.25) is 9.78 Å². The summed E-state index contributed by atoms with van der Waals surface area (Å²) < 4.78 is 0. The number of hydrogen-bond acceptors (Lipinski definition) is 5. The van der Waals surface area contributed by atoms with Gasteiger partial charge in [0.2, 0.25) is 0 Å². The van der Waals surface area contributed by atoms with Crippen molar-refractivity contribution in [2.75, 3.05) is 5.32 Å². The number of carbonyl (C=O) groups is 1. The van der Waals surface area contributed by atoms with Crippen LogP contribution in [0.4, 0.5) is 5.69 Å². The number of pyridine rings is 1. The van der Waals surface area contributed by atoms with E-state index < -0.39 is 0 Å². The molecule has 0 aliphatic heterocycles. The summed E-state index contributed by atoms with van der Waals surface area (Å²) in [6.07, 6.45) is 3.13. The molecule has 6 heteroatoms. The predicted molar refractivity (Wildman–Crippen MR) is 74.3 cm³/mol. The zero-order valence-electron chi connectivity index (χ0n) is 10.7. The van der Waals surface area contributed by atoms with E-state index >= 15 is 0 Å². The zero-order valence-corrected chi connectivity index (χ0v) is 10.7. The first-order valence-corrected chi connectivity index (χ1v) is 5.85. The number of nitrogens with one attached hydrogen (secondary N) is 1. The molecule has 0 saturated carbocycles. The third-order valence-corrected chi connectivity index (χ3v) is 2.74. The van der Waals surface area contributed by atoms with Gasteiger partial charge in [-0.05, 0) is 37.3 Å². The first kappa shape index (κ1) is 13.5. The van der Waals surface area contributed by atoms with Crippen LogP contribution in [0.15, 0.2) is 47.9 Å². The predicted octanol–water partition coefficient (Wildman–Crippen LogP) is 2.24. The first-order valence-electron chi connectivity index (χ1n) is 5.85. The van der Waals surface area contributed by atoms with Gasteiger partial charge in [-0.1, -0.05) is 5.16 Å². The van der Waals surface area contributed by atoms with Gasteiger partial charge in [0.05, 0.1) is 5.71 Å². The molecule has 20 heavy (non-hydrogen) atoms. The maximum atomic E-state index is 12.0. The van der Waals surface area contributed by atoms with Crippen LogP contribution in [0, 0.1) is 0 Å². The Morgan fingerprint density at radius 3 is 2.55 bits per heavy atom. The summed E-state index contributed by atoms with van der Waals surface area (Å²) in [5, 5.41) is 24.2. The van der Waals surface area contributed by atoms with E-state index in [2.05, 4.69) is 15.5 Å². The van der Waals surface area contributed by atoms with Crippen LogP contribution in [0.2, 0.25) is 0 Å². The molecule has 1 aromatic carbocycles. The van der Waals surface area contributed by atoms with E-state index in [1.165, 1.54) is 12.1 Å². The smallest absolute Gasteiger partial charge is 0.255 e. The highest BCUT2D eigenvalue weighted by Crippen LogP contribution is 2.20. The normalized spacial score (nSPS) is 11.2. The lowest BCUT2D eigenvalue weighted by Crippen LogP contribution is -2.12. The van der Waals surface area contributed by atoms with Crippen LogP contribution in [-0.2, 0) is 0 Å². The Hall–Kier alpha value is -2.89. The number of aromatic hydroxyl groups is 1. The van der Waals surface area contributed by atoms with Crippen molar-refractivity contribution < 1.29 is 15.1 Å². The molecule has 1 heterocycles. The number of anilines is 1. The number of oxime groups is 1. The van der Waals surface area contributed by atoms with Crippen molar-refractivity contribution in [2.24, 2.45) is 5.16 Å². The number of carbonyl (C=O) groups excluding carboxylic acids is 1. The van der Waals surface area contributed by atoms with Gasteiger partial charge in [0.1, 0.15) is 5.75 Å². The Balaban J connectivity index is 2.22. The van der Waals surface area contributed by atoms with Crippen molar-refractivity contribution in [1.29, 1.82) is 0 Å². The molecule has 0 saturated heterocycles. The Morgan fingerprint density at radius 2 is 1.95 bits per heavy atom. The van der Waals surface area contributed by atoms with Crippen LogP contribution in [0.3, 0.4) is 0 Å². The minimum absolute atomic E-state index is 0.123. The third kappa shape index (κ3) is 2.92. The molecule has 0 spiro atoms. The summed E-state index contributed by atoms with van der Waals surface area (Å²) in [6.45, 7) is 1.55. The Kier molecular flexibility index (Phi) is 3.95. The van der Waals surface area contributed by atoms with Crippen molar-refractivity contribution in [3.8, 4) is 5.75 Å². The third-order valence-electron chi connectivity index (χ3n) is 2.74. The van der Waals surface area contributed by atoms with Crippen molar-refractivity contribution in [1.82, 2.24) is 4.98 Å². The summed E-state index contributed by atoms with van der Waals surface area (Å²) in [4.78, 5) is 15.8. The molecule has 0 bridgehead atoms. The van der Waals surface area contributed by atoms with E-state index in [1.807, 2.05) is 0 Å². The molecule has 1 amide bonds. The molecule has 102 valence electrons. The van der Waals surface area contributed by atoms with Crippen molar-refractivity contribution >= 4 is 17.3 Å². The van der Waals surface area contributed by atoms with E-state index in [-0.39, 0.29) is 17.4 Å². The fourth-order valence-corrected chi connectivity index (χ4v) is 1.67. The maximum absolute atomic E-state index is 12.0. The lowest BCUT2D eigenvalue weighted by molar-refractivity contribution is 0.102. The monoisotopic (exact) mass is 271 g/mol. The highest BCUT2D eigenvalue weighted by atomic mass is 16.4. The van der Waals surface area contributed by atoms with Crippen LogP contribution >= 0.6 is 0 Å². The lowest BCUT2D eigenvalue weighted by atomic mass is 10.1. The van der Waals surface area contributed by atoms with Crippen LogP contribution in [0.25, 0.3) is 0 Å². The summed E-state index contributed by atoms with van der Waals surface area (Å²) in [7, 11) is 0. The average molecular weight is 271 g/mol. The van der Waals surface area contributed by atoms with Crippen LogP contribution < -0.4 is 5.32 Å². The standard InChI is InChI=1S/C14H13N3O3/c1-9(17-20)12-3-2-10(8-13(12)18)14(19)16-11-4-6-15-7-5-11/h2-8,18,20H,1H3,(H,15,16,19). The highest BCUT2D eigenvalue weighted by molar-refractivity contribution is 6.06. The van der Waals surface area contributed by atoms with Gasteiger partial charge in [0.25, 0.3) is 5.91 Å². The van der Waals surface area contributed by atoms with Gasteiger partial charge in [-0.25, -0.2) is 0 Å². The number of amides is 1. The summed E-state index contributed by atoms with van der Waals surface area (Å²) in [5.74, 6) is -0.473. The van der Waals surface area contributed by atoms with E-state index in [0.717, 1.165) is 0 Å². The van der Waals surface area contributed by atoms with Gasteiger partial charge in [0.15, 0.2) is 0 Å². The SMILES string of the molecule is CC(=NO)c1ccc(C(=O)Nc2ccncc2)cc1O. The summed E-state index contributed by atoms with van der Waals surface area (Å²) in [6, 6.07) is 7.70. The molecular formula is C14H13N3O3. The Labute approximate surface area is 115 Å². The number of rotatable bonds is 3. The van der Waals surface area contributed by atoms with Crippen molar-refractivity contribution in [3.63, 3.8) is 0 Å². The van der Waals surface area contributed by atoms with Gasteiger partial charge < -0.3 is 15.6 Å². The van der Waals surface area contributed by atoms with E-state index in [9.17, 15) is 9.90 Å². The van der Waals surface area contributed by atoms with Crippen LogP contribution in [0.5, 0.6) is 5.75 Å². The summed E-state index contributed by atoms with van der Waals surface area (Å²) in [5.41, 5.74) is 1.55. The zero-order chi connectivity index (χ0) is 14.5. The minimum Gasteiger partial charge on any atom is -0.507 e. The summed E-state index contributed by atoms with van der Waals surface area (Å²) >= 11 is 0. The van der Waals surface area contributed by atoms with E-state index in [1.54, 1.807) is 37.5 Å². The molecule has 0 radical (unpaired) electrons. The lowest BCUT2D eigenvalue weighted by Gasteiger charge is -2.07. The molecule has 0 atom stereocenters. The number of nitrogens with zero attached hydrogens (tertiary/aromatic N) is 2.